The lowest BCUT2D eigenvalue weighted by Crippen LogP contribution is -2.71. The summed E-state index contributed by atoms with van der Waals surface area (Å²) >= 11 is 2.35. The quantitative estimate of drug-likeness (QED) is 0.208. The third-order valence-electron chi connectivity index (χ3n) is 4.15. The number of nitrogens with zero attached hydrogens (tertiary/aromatic N) is 3. The number of nitrogens with two attached hydrogens (primary N) is 1. The molecule has 160 valence electrons. The summed E-state index contributed by atoms with van der Waals surface area (Å²) in [5.74, 6) is -2.98. The molecule has 14 heteroatoms. The number of carboxylic acids is 1. The van der Waals surface area contributed by atoms with Gasteiger partial charge in [0, 0.05) is 23.6 Å². The number of hydrogen-bond donors (Lipinski definition) is 3. The second-order valence-corrected chi connectivity index (χ2v) is 8.09. The zero-order valence-electron chi connectivity index (χ0n) is 15.8. The Morgan fingerprint density at radius 3 is 2.77 bits per heavy atom. The number of carbonyl (C=O) groups is 4. The predicted octanol–water partition coefficient (Wildman–Crippen LogP) is -0.622. The lowest BCUT2D eigenvalue weighted by Gasteiger charge is -2.49. The maximum absolute atomic E-state index is 12.7. The Balaban J connectivity index is 1.77. The van der Waals surface area contributed by atoms with Gasteiger partial charge in [-0.3, -0.25) is 19.3 Å². The third-order valence-corrected chi connectivity index (χ3v) is 6.16. The maximum Gasteiger partial charge on any atom is 0.352 e. The molecule has 2 unspecified atom stereocenters. The summed E-state index contributed by atoms with van der Waals surface area (Å²) in [5.41, 5.74) is 5.67. The van der Waals surface area contributed by atoms with E-state index in [1.807, 2.05) is 0 Å². The number of esters is 1. The van der Waals surface area contributed by atoms with Crippen molar-refractivity contribution in [1.29, 1.82) is 0 Å². The number of anilines is 1. The molecule has 0 aliphatic carbocycles. The number of fused-ring (bicyclic) bond motifs is 1. The van der Waals surface area contributed by atoms with Crippen LogP contribution in [0.1, 0.15) is 12.6 Å². The predicted molar refractivity (Wildman–Crippen MR) is 106 cm³/mol. The van der Waals surface area contributed by atoms with E-state index in [-0.39, 0.29) is 34.6 Å². The fraction of sp³-hybridized carbons (Fsp3) is 0.375. The van der Waals surface area contributed by atoms with Gasteiger partial charge in [0.2, 0.25) is 0 Å². The molecule has 1 aromatic heterocycles. The number of thioether (sulfide) groups is 1. The van der Waals surface area contributed by atoms with Crippen LogP contribution < -0.4 is 11.1 Å². The van der Waals surface area contributed by atoms with Gasteiger partial charge >= 0.3 is 11.9 Å². The molecule has 0 saturated carbocycles. The highest BCUT2D eigenvalue weighted by Gasteiger charge is 2.54. The largest absolute Gasteiger partial charge is 0.477 e. The van der Waals surface area contributed by atoms with Crippen LogP contribution in [0.2, 0.25) is 0 Å². The molecule has 0 aromatic carbocycles. The zero-order chi connectivity index (χ0) is 22.0. The van der Waals surface area contributed by atoms with Crippen molar-refractivity contribution in [1.82, 2.24) is 15.2 Å². The highest BCUT2D eigenvalue weighted by molar-refractivity contribution is 8.00. The van der Waals surface area contributed by atoms with Gasteiger partial charge in [-0.15, -0.1) is 23.1 Å². The molecule has 1 aromatic rings. The highest BCUT2D eigenvalue weighted by Crippen LogP contribution is 2.40. The van der Waals surface area contributed by atoms with Crippen LogP contribution in [0.15, 0.2) is 21.8 Å². The lowest BCUT2D eigenvalue weighted by atomic mass is 10.0. The molecular formula is C16H17N5O7S2. The van der Waals surface area contributed by atoms with Crippen molar-refractivity contribution in [3.05, 3.63) is 22.3 Å². The van der Waals surface area contributed by atoms with Gasteiger partial charge in [-0.1, -0.05) is 5.16 Å². The molecule has 3 heterocycles. The van der Waals surface area contributed by atoms with Gasteiger partial charge in [0.15, 0.2) is 10.8 Å². The van der Waals surface area contributed by atoms with Gasteiger partial charge < -0.3 is 25.7 Å². The number of thiazole rings is 1. The second kappa shape index (κ2) is 8.71. The van der Waals surface area contributed by atoms with E-state index in [0.717, 1.165) is 16.2 Å². The molecule has 12 nitrogen and oxygen atoms in total. The van der Waals surface area contributed by atoms with Gasteiger partial charge in [-0.05, 0) is 0 Å². The number of aromatic nitrogens is 1. The first-order chi connectivity index (χ1) is 14.2. The van der Waals surface area contributed by atoms with E-state index >= 15 is 0 Å². The molecule has 1 fully saturated rings. The number of hydrogen-bond acceptors (Lipinski definition) is 11. The van der Waals surface area contributed by atoms with Crippen molar-refractivity contribution < 1.29 is 33.9 Å². The summed E-state index contributed by atoms with van der Waals surface area (Å²) in [7, 11) is 1.25. The first-order valence-corrected chi connectivity index (χ1v) is 10.3. The van der Waals surface area contributed by atoms with Crippen LogP contribution in [-0.2, 0) is 28.8 Å². The second-order valence-electron chi connectivity index (χ2n) is 6.09. The fourth-order valence-electron chi connectivity index (χ4n) is 2.88. The van der Waals surface area contributed by atoms with Crippen LogP contribution in [0.25, 0.3) is 0 Å². The minimum absolute atomic E-state index is 0.165. The number of ether oxygens (including phenoxy) is 1. The molecule has 0 radical (unpaired) electrons. The fourth-order valence-corrected chi connectivity index (χ4v) is 4.76. The van der Waals surface area contributed by atoms with Gasteiger partial charge in [0.05, 0.1) is 0 Å². The van der Waals surface area contributed by atoms with Gasteiger partial charge in [-0.2, -0.15) is 0 Å². The van der Waals surface area contributed by atoms with Crippen LogP contribution in [0, 0.1) is 0 Å². The minimum atomic E-state index is -1.32. The Bertz CT molecular complexity index is 973. The van der Waals surface area contributed by atoms with E-state index in [2.05, 4.69) is 20.3 Å². The number of rotatable bonds is 7. The first kappa shape index (κ1) is 21.6. The average Bonchev–Trinajstić information content (AvgIpc) is 3.13. The normalized spacial score (nSPS) is 20.9. The zero-order valence-corrected chi connectivity index (χ0v) is 17.4. The molecule has 0 spiro atoms. The maximum atomic E-state index is 12.7. The van der Waals surface area contributed by atoms with E-state index in [1.165, 1.54) is 31.2 Å². The van der Waals surface area contributed by atoms with E-state index in [9.17, 15) is 24.3 Å². The summed E-state index contributed by atoms with van der Waals surface area (Å²) in [6.45, 7) is 0.975. The molecule has 2 aliphatic rings. The lowest BCUT2D eigenvalue weighted by molar-refractivity contribution is -0.150. The van der Waals surface area contributed by atoms with Crippen molar-refractivity contribution in [3.63, 3.8) is 0 Å². The standard InChI is InChI=1S/C16H17N5O7S2/c1-6(22)28-3-7-4-29-14-10(13(24)21(14)11(7)15(25)26)19-12(23)9(20-27-2)8-5-30-16(17)18-8/h5,10,14H,3-4H2,1-2H3,(H2,17,18)(H,19,23)(H,25,26)/b20-9+. The SMILES string of the molecule is CO/N=C(/C(=O)NC1C(=O)N2C(C(=O)O)=C(COC(C)=O)CSC12)c1csc(N)n1. The number of β-lactam (4-membered cyclic amide) rings is 1. The monoisotopic (exact) mass is 455 g/mol. The number of carbonyl (C=O) groups excluding carboxylic acids is 3. The molecule has 3 rings (SSSR count). The summed E-state index contributed by atoms with van der Waals surface area (Å²) < 4.78 is 4.88. The van der Waals surface area contributed by atoms with Crippen molar-refractivity contribution in [2.45, 2.75) is 18.3 Å². The van der Waals surface area contributed by atoms with Gasteiger partial charge in [0.25, 0.3) is 11.8 Å². The minimum Gasteiger partial charge on any atom is -0.477 e. The molecule has 0 bridgehead atoms. The molecular weight excluding hydrogens is 438 g/mol. The van der Waals surface area contributed by atoms with Gasteiger partial charge in [-0.25, -0.2) is 9.78 Å². The third kappa shape index (κ3) is 4.09. The van der Waals surface area contributed by atoms with E-state index in [1.54, 1.807) is 0 Å². The van der Waals surface area contributed by atoms with E-state index in [0.29, 0.717) is 5.57 Å². The van der Waals surface area contributed by atoms with Crippen LogP contribution >= 0.6 is 23.1 Å². The van der Waals surface area contributed by atoms with Crippen LogP contribution in [0.4, 0.5) is 5.13 Å². The molecule has 2 amide bonds. The Morgan fingerprint density at radius 2 is 2.20 bits per heavy atom. The number of nitrogens with one attached hydrogen (secondary N) is 1. The van der Waals surface area contributed by atoms with Crippen molar-refractivity contribution in [2.24, 2.45) is 5.16 Å². The molecule has 1 saturated heterocycles. The smallest absolute Gasteiger partial charge is 0.352 e. The molecule has 30 heavy (non-hydrogen) atoms. The number of aliphatic carboxylic acids is 1. The summed E-state index contributed by atoms with van der Waals surface area (Å²) in [6, 6.07) is -0.967. The molecule has 4 N–H and O–H groups in total. The Kier molecular flexibility index (Phi) is 6.26. The summed E-state index contributed by atoms with van der Waals surface area (Å²) in [4.78, 5) is 57.8. The van der Waals surface area contributed by atoms with Crippen LogP contribution in [0.5, 0.6) is 0 Å². The van der Waals surface area contributed by atoms with Crippen LogP contribution in [0.3, 0.4) is 0 Å². The van der Waals surface area contributed by atoms with Gasteiger partial charge in [0.1, 0.15) is 36.5 Å². The van der Waals surface area contributed by atoms with Crippen molar-refractivity contribution >= 4 is 57.7 Å². The molecule has 2 aliphatic heterocycles. The Hall–Kier alpha value is -3.13. The van der Waals surface area contributed by atoms with Crippen LogP contribution in [-0.4, -0.2) is 75.3 Å². The Labute approximate surface area is 178 Å². The van der Waals surface area contributed by atoms with E-state index < -0.39 is 35.2 Å². The summed E-state index contributed by atoms with van der Waals surface area (Å²) in [5, 5.41) is 16.9. The van der Waals surface area contributed by atoms with Crippen molar-refractivity contribution in [2.75, 3.05) is 25.2 Å². The Morgan fingerprint density at radius 1 is 1.47 bits per heavy atom. The summed E-state index contributed by atoms with van der Waals surface area (Å²) in [6.07, 6.45) is 0. The highest BCUT2D eigenvalue weighted by atomic mass is 32.2. The topological polar surface area (TPSA) is 174 Å². The average molecular weight is 455 g/mol. The molecule has 2 atom stereocenters. The van der Waals surface area contributed by atoms with E-state index in [4.69, 9.17) is 10.5 Å². The number of nitrogen functional groups attached to an aromatic ring is 1. The number of carboxylic acid groups (broad SMARTS) is 1. The number of oxime groups is 1. The number of amides is 2. The van der Waals surface area contributed by atoms with Crippen molar-refractivity contribution in [3.8, 4) is 0 Å². The first-order valence-electron chi connectivity index (χ1n) is 8.41.